The summed E-state index contributed by atoms with van der Waals surface area (Å²) in [6.45, 7) is 0.606. The van der Waals surface area contributed by atoms with Gasteiger partial charge in [0, 0.05) is 6.54 Å². The summed E-state index contributed by atoms with van der Waals surface area (Å²) in [5.74, 6) is -0.752. The van der Waals surface area contributed by atoms with Crippen molar-refractivity contribution >= 4 is 35.0 Å². The lowest BCUT2D eigenvalue weighted by molar-refractivity contribution is -0.122. The molecule has 0 atom stereocenters. The third kappa shape index (κ3) is 5.28. The van der Waals surface area contributed by atoms with Crippen molar-refractivity contribution in [3.8, 4) is 0 Å². The lowest BCUT2D eigenvalue weighted by atomic mass is 10.2. The SMILES string of the molecule is CN(CC(=O)NNC(=O)c1ccco1)Cc1ccc(Cl)c(Cl)c1. The minimum absolute atomic E-state index is 0.0959. The van der Waals surface area contributed by atoms with Gasteiger partial charge in [0.15, 0.2) is 5.76 Å². The summed E-state index contributed by atoms with van der Waals surface area (Å²) in [7, 11) is 1.77. The van der Waals surface area contributed by atoms with E-state index in [2.05, 4.69) is 10.9 Å². The normalized spacial score (nSPS) is 10.6. The van der Waals surface area contributed by atoms with Crippen LogP contribution in [0, 0.1) is 0 Å². The molecule has 122 valence electrons. The van der Waals surface area contributed by atoms with Crippen LogP contribution in [-0.4, -0.2) is 30.3 Å². The van der Waals surface area contributed by atoms with Crippen LogP contribution in [0.25, 0.3) is 0 Å². The molecule has 0 radical (unpaired) electrons. The zero-order valence-corrected chi connectivity index (χ0v) is 13.8. The van der Waals surface area contributed by atoms with Crippen molar-refractivity contribution in [3.63, 3.8) is 0 Å². The number of likely N-dealkylation sites (N-methyl/N-ethyl adjacent to an activating group) is 1. The molecule has 1 aromatic carbocycles. The Morgan fingerprint density at radius 2 is 1.96 bits per heavy atom. The number of halogens is 2. The quantitative estimate of drug-likeness (QED) is 0.808. The van der Waals surface area contributed by atoms with Crippen molar-refractivity contribution in [2.24, 2.45) is 0 Å². The number of rotatable bonds is 5. The van der Waals surface area contributed by atoms with E-state index < -0.39 is 5.91 Å². The summed E-state index contributed by atoms with van der Waals surface area (Å²) < 4.78 is 4.91. The van der Waals surface area contributed by atoms with Crippen LogP contribution in [-0.2, 0) is 11.3 Å². The molecule has 0 aliphatic carbocycles. The second kappa shape index (κ2) is 8.01. The smallest absolute Gasteiger partial charge is 0.305 e. The molecular formula is C15H15Cl2N3O3. The number of nitrogens with one attached hydrogen (secondary N) is 2. The van der Waals surface area contributed by atoms with Crippen molar-refractivity contribution in [2.75, 3.05) is 13.6 Å². The van der Waals surface area contributed by atoms with Gasteiger partial charge < -0.3 is 4.42 Å². The van der Waals surface area contributed by atoms with Crippen molar-refractivity contribution in [2.45, 2.75) is 6.54 Å². The molecule has 0 saturated carbocycles. The number of hydrogen-bond acceptors (Lipinski definition) is 4. The average Bonchev–Trinajstić information content (AvgIpc) is 3.03. The van der Waals surface area contributed by atoms with Crippen LogP contribution in [0.4, 0.5) is 0 Å². The minimum atomic E-state index is -0.518. The first-order valence-electron chi connectivity index (χ1n) is 6.71. The summed E-state index contributed by atoms with van der Waals surface area (Å²) in [5.41, 5.74) is 5.52. The standard InChI is InChI=1S/C15H15Cl2N3O3/c1-20(8-10-4-5-11(16)12(17)7-10)9-14(21)18-19-15(22)13-3-2-6-23-13/h2-7H,8-9H2,1H3,(H,18,21)(H,19,22). The van der Waals surface area contributed by atoms with Crippen LogP contribution in [0.3, 0.4) is 0 Å². The number of hydrazine groups is 1. The fourth-order valence-corrected chi connectivity index (χ4v) is 2.21. The van der Waals surface area contributed by atoms with E-state index >= 15 is 0 Å². The Labute approximate surface area is 143 Å². The topological polar surface area (TPSA) is 74.6 Å². The van der Waals surface area contributed by atoms with E-state index in [1.807, 2.05) is 6.07 Å². The Balaban J connectivity index is 1.78. The summed E-state index contributed by atoms with van der Waals surface area (Å²) in [6, 6.07) is 8.37. The maximum atomic E-state index is 11.8. The van der Waals surface area contributed by atoms with Gasteiger partial charge in [-0.15, -0.1) is 0 Å². The Morgan fingerprint density at radius 3 is 2.61 bits per heavy atom. The molecular weight excluding hydrogens is 341 g/mol. The monoisotopic (exact) mass is 355 g/mol. The van der Waals surface area contributed by atoms with Crippen LogP contribution in [0.1, 0.15) is 16.1 Å². The molecule has 2 rings (SSSR count). The summed E-state index contributed by atoms with van der Waals surface area (Å²) in [4.78, 5) is 25.2. The van der Waals surface area contributed by atoms with Crippen LogP contribution in [0.2, 0.25) is 10.0 Å². The highest BCUT2D eigenvalue weighted by molar-refractivity contribution is 6.42. The van der Waals surface area contributed by atoms with Crippen LogP contribution in [0.5, 0.6) is 0 Å². The second-order valence-corrected chi connectivity index (χ2v) is 5.71. The highest BCUT2D eigenvalue weighted by Crippen LogP contribution is 2.22. The predicted molar refractivity (Wildman–Crippen MR) is 87.1 cm³/mol. The lowest BCUT2D eigenvalue weighted by Gasteiger charge is -2.16. The number of nitrogens with zero attached hydrogens (tertiary/aromatic N) is 1. The van der Waals surface area contributed by atoms with E-state index in [0.717, 1.165) is 5.56 Å². The van der Waals surface area contributed by atoms with E-state index in [9.17, 15) is 9.59 Å². The maximum Gasteiger partial charge on any atom is 0.305 e. The third-order valence-electron chi connectivity index (χ3n) is 2.91. The van der Waals surface area contributed by atoms with Crippen molar-refractivity contribution in [3.05, 3.63) is 58.0 Å². The molecule has 0 aliphatic rings. The van der Waals surface area contributed by atoms with Gasteiger partial charge in [0.05, 0.1) is 22.9 Å². The molecule has 1 aromatic heterocycles. The summed E-state index contributed by atoms with van der Waals surface area (Å²) >= 11 is 11.8. The molecule has 0 spiro atoms. The van der Waals surface area contributed by atoms with Crippen molar-refractivity contribution < 1.29 is 14.0 Å². The summed E-state index contributed by atoms with van der Waals surface area (Å²) in [5, 5.41) is 0.948. The van der Waals surface area contributed by atoms with Gasteiger partial charge in [0.2, 0.25) is 0 Å². The molecule has 2 aromatic rings. The average molecular weight is 356 g/mol. The van der Waals surface area contributed by atoms with Crippen molar-refractivity contribution in [1.29, 1.82) is 0 Å². The number of amides is 2. The number of furan rings is 1. The second-order valence-electron chi connectivity index (χ2n) is 4.90. The lowest BCUT2D eigenvalue weighted by Crippen LogP contribution is -2.45. The molecule has 0 saturated heterocycles. The number of carbonyl (C=O) groups is 2. The highest BCUT2D eigenvalue weighted by atomic mass is 35.5. The zero-order chi connectivity index (χ0) is 16.8. The number of benzene rings is 1. The van der Waals surface area contributed by atoms with Gasteiger partial charge in [-0.1, -0.05) is 29.3 Å². The van der Waals surface area contributed by atoms with E-state index in [1.165, 1.54) is 12.3 Å². The Kier molecular flexibility index (Phi) is 6.04. The Hall–Kier alpha value is -2.02. The fraction of sp³-hybridized carbons (Fsp3) is 0.200. The summed E-state index contributed by atoms with van der Waals surface area (Å²) in [6.07, 6.45) is 1.38. The van der Waals surface area contributed by atoms with E-state index in [-0.39, 0.29) is 18.2 Å². The molecule has 2 amide bonds. The van der Waals surface area contributed by atoms with Gasteiger partial charge in [-0.05, 0) is 36.9 Å². The fourth-order valence-electron chi connectivity index (χ4n) is 1.89. The van der Waals surface area contributed by atoms with Crippen LogP contribution in [0.15, 0.2) is 41.0 Å². The zero-order valence-electron chi connectivity index (χ0n) is 12.3. The maximum absolute atomic E-state index is 11.8. The molecule has 23 heavy (non-hydrogen) atoms. The molecule has 6 nitrogen and oxygen atoms in total. The van der Waals surface area contributed by atoms with E-state index in [4.69, 9.17) is 27.6 Å². The van der Waals surface area contributed by atoms with Crippen LogP contribution >= 0.6 is 23.2 Å². The van der Waals surface area contributed by atoms with Gasteiger partial charge >= 0.3 is 5.91 Å². The van der Waals surface area contributed by atoms with Gasteiger partial charge in [-0.2, -0.15) is 0 Å². The van der Waals surface area contributed by atoms with Gasteiger partial charge in [-0.3, -0.25) is 25.3 Å². The third-order valence-corrected chi connectivity index (χ3v) is 3.65. The minimum Gasteiger partial charge on any atom is -0.459 e. The molecule has 0 fully saturated rings. The molecule has 8 heteroatoms. The highest BCUT2D eigenvalue weighted by Gasteiger charge is 2.11. The van der Waals surface area contributed by atoms with E-state index in [0.29, 0.717) is 16.6 Å². The number of carbonyl (C=O) groups excluding carboxylic acids is 2. The van der Waals surface area contributed by atoms with Gasteiger partial charge in [0.1, 0.15) is 0 Å². The van der Waals surface area contributed by atoms with Gasteiger partial charge in [0.25, 0.3) is 5.91 Å². The van der Waals surface area contributed by atoms with Gasteiger partial charge in [-0.25, -0.2) is 0 Å². The molecule has 1 heterocycles. The predicted octanol–water partition coefficient (Wildman–Crippen LogP) is 2.48. The van der Waals surface area contributed by atoms with E-state index in [1.54, 1.807) is 30.1 Å². The largest absolute Gasteiger partial charge is 0.459 e. The van der Waals surface area contributed by atoms with Crippen LogP contribution < -0.4 is 10.9 Å². The first-order chi connectivity index (χ1) is 11.0. The molecule has 0 bridgehead atoms. The first kappa shape index (κ1) is 17.3. The molecule has 0 unspecified atom stereocenters. The molecule has 0 aliphatic heterocycles. The van der Waals surface area contributed by atoms with Crippen molar-refractivity contribution in [1.82, 2.24) is 15.8 Å². The Bertz CT molecular complexity index is 689. The Morgan fingerprint density at radius 1 is 1.17 bits per heavy atom. The first-order valence-corrected chi connectivity index (χ1v) is 7.46. The number of hydrogen-bond donors (Lipinski definition) is 2. The molecule has 2 N–H and O–H groups in total.